The van der Waals surface area contributed by atoms with Crippen LogP contribution in [0, 0.1) is 11.3 Å². The van der Waals surface area contributed by atoms with Gasteiger partial charge in [-0.05, 0) is 28.5 Å². The van der Waals surface area contributed by atoms with Gasteiger partial charge in [0.05, 0.1) is 42.0 Å². The van der Waals surface area contributed by atoms with Gasteiger partial charge in [-0.1, -0.05) is 54.2 Å². The molecule has 0 N–H and O–H groups in total. The number of furan rings is 1. The van der Waals surface area contributed by atoms with Gasteiger partial charge in [0.2, 0.25) is 5.91 Å². The van der Waals surface area contributed by atoms with Gasteiger partial charge in [-0.25, -0.2) is 0 Å². The zero-order valence-electron chi connectivity index (χ0n) is 15.7. The molecule has 0 bridgehead atoms. The topological polar surface area (TPSA) is 60.5 Å². The van der Waals surface area contributed by atoms with Crippen molar-refractivity contribution in [2.24, 2.45) is 0 Å². The van der Waals surface area contributed by atoms with Gasteiger partial charge in [-0.3, -0.25) is 14.6 Å². The molecule has 3 heterocycles. The molecule has 0 saturated carbocycles. The van der Waals surface area contributed by atoms with Crippen LogP contribution in [0.3, 0.4) is 0 Å². The van der Waals surface area contributed by atoms with E-state index in [1.54, 1.807) is 22.9 Å². The van der Waals surface area contributed by atoms with Crippen molar-refractivity contribution in [2.75, 3.05) is 12.5 Å². The second kappa shape index (κ2) is 7.43. The zero-order valence-corrected chi connectivity index (χ0v) is 16.6. The molecule has 5 nitrogen and oxygen atoms in total. The number of rotatable bonds is 3. The number of nitrogens with zero attached hydrogens (tertiary/aromatic N) is 3. The summed E-state index contributed by atoms with van der Waals surface area (Å²) in [5, 5.41) is 13.0. The number of hydrogen-bond acceptors (Lipinski definition) is 5. The smallest absolute Gasteiger partial charge is 0.229 e. The van der Waals surface area contributed by atoms with Crippen LogP contribution in [0.25, 0.3) is 10.8 Å². The lowest BCUT2D eigenvalue weighted by Gasteiger charge is -2.41. The first kappa shape index (κ1) is 18.0. The average Bonchev–Trinajstić information content (AvgIpc) is 3.26. The lowest BCUT2D eigenvalue weighted by molar-refractivity contribution is -0.132. The minimum Gasteiger partial charge on any atom is -0.468 e. The number of carbonyl (C=O) groups excluding carboxylic acids is 1. The summed E-state index contributed by atoms with van der Waals surface area (Å²) in [5.41, 5.74) is 1.75. The Hall–Kier alpha value is -3.01. The lowest BCUT2D eigenvalue weighted by atomic mass is 9.84. The van der Waals surface area contributed by atoms with Crippen molar-refractivity contribution in [3.05, 3.63) is 82.8 Å². The Morgan fingerprint density at radius 2 is 2.00 bits per heavy atom. The molecule has 0 aliphatic carbocycles. The minimum atomic E-state index is -0.200. The van der Waals surface area contributed by atoms with E-state index in [9.17, 15) is 10.1 Å². The molecular formula is C23H19N3O2S. The average molecular weight is 401 g/mol. The summed E-state index contributed by atoms with van der Waals surface area (Å²) < 4.78 is 5.44. The minimum absolute atomic E-state index is 0.0635. The van der Waals surface area contributed by atoms with E-state index in [0.29, 0.717) is 31.1 Å². The predicted octanol–water partition coefficient (Wildman–Crippen LogP) is 4.65. The highest BCUT2D eigenvalue weighted by atomic mass is 32.2. The Morgan fingerprint density at radius 1 is 1.14 bits per heavy atom. The fraction of sp³-hybridized carbons (Fsp3) is 0.217. The molecule has 1 fully saturated rings. The second-order valence-corrected chi connectivity index (χ2v) is 8.23. The first-order chi connectivity index (χ1) is 14.2. The van der Waals surface area contributed by atoms with Crippen molar-refractivity contribution in [1.82, 2.24) is 9.80 Å². The third-order valence-corrected chi connectivity index (χ3v) is 6.72. The van der Waals surface area contributed by atoms with Crippen LogP contribution in [0.15, 0.2) is 75.9 Å². The third kappa shape index (κ3) is 3.23. The Kier molecular flexibility index (Phi) is 4.62. The number of benzene rings is 2. The summed E-state index contributed by atoms with van der Waals surface area (Å²) in [7, 11) is 0. The maximum Gasteiger partial charge on any atom is 0.229 e. The van der Waals surface area contributed by atoms with Crippen molar-refractivity contribution < 1.29 is 9.21 Å². The number of amides is 1. The monoisotopic (exact) mass is 401 g/mol. The molecule has 1 atom stereocenters. The van der Waals surface area contributed by atoms with Crippen LogP contribution < -0.4 is 0 Å². The van der Waals surface area contributed by atoms with Crippen LogP contribution in [0.2, 0.25) is 0 Å². The number of fused-ring (bicyclic) bond motifs is 2. The summed E-state index contributed by atoms with van der Waals surface area (Å²) in [6, 6.07) is 20.5. The van der Waals surface area contributed by atoms with Crippen LogP contribution in [0.5, 0.6) is 0 Å². The Bertz CT molecular complexity index is 1140. The van der Waals surface area contributed by atoms with Gasteiger partial charge in [-0.15, -0.1) is 0 Å². The van der Waals surface area contributed by atoms with Crippen LogP contribution >= 0.6 is 11.8 Å². The number of thioether (sulfide) groups is 1. The van der Waals surface area contributed by atoms with Gasteiger partial charge in [0.15, 0.2) is 0 Å². The first-order valence-corrected chi connectivity index (χ1v) is 10.5. The van der Waals surface area contributed by atoms with E-state index >= 15 is 0 Å². The van der Waals surface area contributed by atoms with Crippen LogP contribution in [-0.4, -0.2) is 28.3 Å². The van der Waals surface area contributed by atoms with Crippen LogP contribution in [0.1, 0.15) is 23.7 Å². The van der Waals surface area contributed by atoms with E-state index in [1.807, 2.05) is 36.4 Å². The van der Waals surface area contributed by atoms with E-state index in [2.05, 4.69) is 29.2 Å². The summed E-state index contributed by atoms with van der Waals surface area (Å²) in [4.78, 5) is 17.0. The lowest BCUT2D eigenvalue weighted by Crippen LogP contribution is -2.46. The number of nitriles is 1. The molecular weight excluding hydrogens is 382 g/mol. The van der Waals surface area contributed by atoms with Crippen molar-refractivity contribution >= 4 is 28.4 Å². The van der Waals surface area contributed by atoms with Crippen molar-refractivity contribution in [3.8, 4) is 6.07 Å². The fourth-order valence-electron chi connectivity index (χ4n) is 4.15. The van der Waals surface area contributed by atoms with E-state index in [1.165, 1.54) is 0 Å². The van der Waals surface area contributed by atoms with Gasteiger partial charge >= 0.3 is 0 Å². The molecule has 0 unspecified atom stereocenters. The van der Waals surface area contributed by atoms with E-state index in [-0.39, 0.29) is 11.8 Å². The van der Waals surface area contributed by atoms with E-state index in [0.717, 1.165) is 27.1 Å². The summed E-state index contributed by atoms with van der Waals surface area (Å²) in [6.45, 7) is 1.13. The van der Waals surface area contributed by atoms with Crippen LogP contribution in [0.4, 0.5) is 0 Å². The molecule has 144 valence electrons. The van der Waals surface area contributed by atoms with E-state index < -0.39 is 0 Å². The van der Waals surface area contributed by atoms with Gasteiger partial charge in [0.25, 0.3) is 0 Å². The van der Waals surface area contributed by atoms with Crippen LogP contribution in [-0.2, 0) is 11.3 Å². The van der Waals surface area contributed by atoms with Gasteiger partial charge in [-0.2, -0.15) is 5.26 Å². The SMILES string of the molecule is N#CC1=C2SCN(Cc3ccco3)CN2C(=O)C[C@@H]1c1cccc2ccccc12. The Labute approximate surface area is 173 Å². The van der Waals surface area contributed by atoms with Crippen molar-refractivity contribution in [2.45, 2.75) is 18.9 Å². The highest BCUT2D eigenvalue weighted by molar-refractivity contribution is 8.03. The maximum absolute atomic E-state index is 13.1. The molecule has 2 aliphatic rings. The molecule has 2 aliphatic heterocycles. The molecule has 0 spiro atoms. The normalized spacial score (nSPS) is 20.0. The summed E-state index contributed by atoms with van der Waals surface area (Å²) in [6.07, 6.45) is 1.97. The first-order valence-electron chi connectivity index (χ1n) is 9.54. The molecule has 6 heteroatoms. The second-order valence-electron chi connectivity index (χ2n) is 7.30. The quantitative estimate of drug-likeness (QED) is 0.639. The van der Waals surface area contributed by atoms with Gasteiger partial charge in [0, 0.05) is 12.3 Å². The molecule has 1 saturated heterocycles. The number of hydrogen-bond donors (Lipinski definition) is 0. The van der Waals surface area contributed by atoms with Gasteiger partial charge in [0.1, 0.15) is 5.76 Å². The Balaban J connectivity index is 1.50. The highest BCUT2D eigenvalue weighted by Crippen LogP contribution is 2.44. The summed E-state index contributed by atoms with van der Waals surface area (Å²) >= 11 is 1.56. The molecule has 3 aromatic rings. The molecule has 29 heavy (non-hydrogen) atoms. The highest BCUT2D eigenvalue weighted by Gasteiger charge is 2.38. The largest absolute Gasteiger partial charge is 0.468 e. The fourth-order valence-corrected chi connectivity index (χ4v) is 5.29. The van der Waals surface area contributed by atoms with Gasteiger partial charge < -0.3 is 4.42 Å². The zero-order chi connectivity index (χ0) is 19.8. The van der Waals surface area contributed by atoms with Crippen molar-refractivity contribution in [1.29, 1.82) is 5.26 Å². The Morgan fingerprint density at radius 3 is 2.83 bits per heavy atom. The van der Waals surface area contributed by atoms with E-state index in [4.69, 9.17) is 4.42 Å². The molecule has 2 aromatic carbocycles. The maximum atomic E-state index is 13.1. The molecule has 0 radical (unpaired) electrons. The molecule has 1 aromatic heterocycles. The number of carbonyl (C=O) groups is 1. The standard InChI is InChI=1S/C23H19N3O2S/c24-12-21-20(19-9-3-6-16-5-1-2-8-18(16)19)11-22(27)26-14-25(15-29-23(21)26)13-17-7-4-10-28-17/h1-10,20H,11,13-15H2/t20-/m1/s1. The summed E-state index contributed by atoms with van der Waals surface area (Å²) in [5.74, 6) is 1.45. The molecule has 5 rings (SSSR count). The number of allylic oxidation sites excluding steroid dienone is 1. The predicted molar refractivity (Wildman–Crippen MR) is 112 cm³/mol. The van der Waals surface area contributed by atoms with Crippen molar-refractivity contribution in [3.63, 3.8) is 0 Å². The third-order valence-electron chi connectivity index (χ3n) is 5.51. The molecule has 1 amide bonds.